The van der Waals surface area contributed by atoms with Gasteiger partial charge in [-0.05, 0) is 37.3 Å². The van der Waals surface area contributed by atoms with Crippen LogP contribution < -0.4 is 4.74 Å². The molecular formula is C20H23N3O4S. The number of nitriles is 1. The van der Waals surface area contributed by atoms with Crippen LogP contribution in [0.3, 0.4) is 0 Å². The lowest BCUT2D eigenvalue weighted by Gasteiger charge is -2.23. The van der Waals surface area contributed by atoms with Crippen LogP contribution in [0, 0.1) is 11.3 Å². The number of hydrogen-bond donors (Lipinski definition) is 0. The average molecular weight is 401 g/mol. The van der Waals surface area contributed by atoms with Gasteiger partial charge in [0.25, 0.3) is 0 Å². The molecule has 1 amide bonds. The summed E-state index contributed by atoms with van der Waals surface area (Å²) in [4.78, 5) is 14.0. The Balaban J connectivity index is 2.07. The summed E-state index contributed by atoms with van der Waals surface area (Å²) >= 11 is 0. The van der Waals surface area contributed by atoms with Gasteiger partial charge < -0.3 is 9.64 Å². The fraction of sp³-hybridized carbons (Fsp3) is 0.300. The van der Waals surface area contributed by atoms with Crippen LogP contribution in [0.2, 0.25) is 0 Å². The molecule has 0 aromatic heterocycles. The van der Waals surface area contributed by atoms with Crippen LogP contribution in [0.1, 0.15) is 18.1 Å². The van der Waals surface area contributed by atoms with Crippen LogP contribution in [-0.2, 0) is 21.4 Å². The van der Waals surface area contributed by atoms with E-state index in [1.54, 1.807) is 7.05 Å². The average Bonchev–Trinajstić information content (AvgIpc) is 2.69. The molecule has 0 aliphatic heterocycles. The van der Waals surface area contributed by atoms with Crippen molar-refractivity contribution in [3.05, 3.63) is 59.7 Å². The van der Waals surface area contributed by atoms with E-state index in [2.05, 4.69) is 0 Å². The van der Waals surface area contributed by atoms with E-state index in [9.17, 15) is 13.2 Å². The number of sulfonamides is 1. The molecule has 28 heavy (non-hydrogen) atoms. The molecule has 0 N–H and O–H groups in total. The first-order valence-electron chi connectivity index (χ1n) is 8.70. The molecule has 7 nitrogen and oxygen atoms in total. The Kier molecular flexibility index (Phi) is 7.15. The van der Waals surface area contributed by atoms with Crippen molar-refractivity contribution in [3.63, 3.8) is 0 Å². The number of para-hydroxylation sites is 1. The van der Waals surface area contributed by atoms with E-state index in [1.165, 1.54) is 36.2 Å². The van der Waals surface area contributed by atoms with Crippen molar-refractivity contribution in [1.29, 1.82) is 5.26 Å². The van der Waals surface area contributed by atoms with Crippen molar-refractivity contribution in [2.75, 3.05) is 27.2 Å². The SMILES string of the molecule is CCOc1ccccc1CN(C)C(=O)CN(C)S(=O)(=O)c1ccc(C#N)cc1. The lowest BCUT2D eigenvalue weighted by atomic mass is 10.2. The number of carbonyl (C=O) groups is 1. The Morgan fingerprint density at radius 2 is 1.75 bits per heavy atom. The second-order valence-corrected chi connectivity index (χ2v) is 8.23. The zero-order valence-electron chi connectivity index (χ0n) is 16.1. The summed E-state index contributed by atoms with van der Waals surface area (Å²) in [6, 6.07) is 14.9. The largest absolute Gasteiger partial charge is 0.494 e. The van der Waals surface area contributed by atoms with Gasteiger partial charge in [-0.1, -0.05) is 18.2 Å². The zero-order valence-corrected chi connectivity index (χ0v) is 16.9. The maximum atomic E-state index is 12.6. The third-order valence-electron chi connectivity index (χ3n) is 4.16. The van der Waals surface area contributed by atoms with Crippen LogP contribution >= 0.6 is 0 Å². The first-order valence-corrected chi connectivity index (χ1v) is 10.1. The highest BCUT2D eigenvalue weighted by molar-refractivity contribution is 7.89. The van der Waals surface area contributed by atoms with Crippen molar-refractivity contribution in [1.82, 2.24) is 9.21 Å². The van der Waals surface area contributed by atoms with Gasteiger partial charge in [0.2, 0.25) is 15.9 Å². The van der Waals surface area contributed by atoms with E-state index >= 15 is 0 Å². The molecule has 0 unspecified atom stereocenters. The number of hydrogen-bond acceptors (Lipinski definition) is 5. The smallest absolute Gasteiger partial charge is 0.243 e. The summed E-state index contributed by atoms with van der Waals surface area (Å²) in [5.41, 5.74) is 1.21. The van der Waals surface area contributed by atoms with E-state index in [1.807, 2.05) is 37.3 Å². The highest BCUT2D eigenvalue weighted by Crippen LogP contribution is 2.20. The molecule has 0 fully saturated rings. The molecule has 2 aromatic rings. The topological polar surface area (TPSA) is 90.7 Å². The van der Waals surface area contributed by atoms with Crippen LogP contribution in [0.5, 0.6) is 5.75 Å². The van der Waals surface area contributed by atoms with Crippen molar-refractivity contribution in [3.8, 4) is 11.8 Å². The molecule has 0 atom stereocenters. The van der Waals surface area contributed by atoms with Gasteiger partial charge in [0.1, 0.15) is 5.75 Å². The molecule has 2 rings (SSSR count). The highest BCUT2D eigenvalue weighted by atomic mass is 32.2. The number of benzene rings is 2. The maximum absolute atomic E-state index is 12.6. The van der Waals surface area contributed by atoms with Gasteiger partial charge in [-0.2, -0.15) is 9.57 Å². The molecule has 8 heteroatoms. The monoisotopic (exact) mass is 401 g/mol. The third kappa shape index (κ3) is 5.09. The minimum atomic E-state index is -3.83. The van der Waals surface area contributed by atoms with Crippen molar-refractivity contribution < 1.29 is 17.9 Å². The van der Waals surface area contributed by atoms with E-state index < -0.39 is 10.0 Å². The normalized spacial score (nSPS) is 11.1. The molecule has 0 bridgehead atoms. The Labute approximate surface area is 165 Å². The lowest BCUT2D eigenvalue weighted by Crippen LogP contribution is -2.39. The molecule has 0 heterocycles. The number of likely N-dealkylation sites (N-methyl/N-ethyl adjacent to an activating group) is 2. The summed E-state index contributed by atoms with van der Waals surface area (Å²) in [7, 11) is -0.858. The second kappa shape index (κ2) is 9.35. The van der Waals surface area contributed by atoms with E-state index in [-0.39, 0.29) is 17.3 Å². The summed E-state index contributed by atoms with van der Waals surface area (Å²) in [6.45, 7) is 2.41. The fourth-order valence-electron chi connectivity index (χ4n) is 2.55. The van der Waals surface area contributed by atoms with Crippen molar-refractivity contribution in [2.24, 2.45) is 0 Å². The van der Waals surface area contributed by atoms with E-state index in [0.29, 0.717) is 24.5 Å². The summed E-state index contributed by atoms with van der Waals surface area (Å²) in [5, 5.41) is 8.83. The van der Waals surface area contributed by atoms with Crippen LogP contribution in [-0.4, -0.2) is 50.8 Å². The van der Waals surface area contributed by atoms with Gasteiger partial charge in [-0.3, -0.25) is 4.79 Å². The first kappa shape index (κ1) is 21.4. The minimum Gasteiger partial charge on any atom is -0.494 e. The Morgan fingerprint density at radius 1 is 1.11 bits per heavy atom. The second-order valence-electron chi connectivity index (χ2n) is 6.19. The number of amides is 1. The predicted molar refractivity (Wildman–Crippen MR) is 105 cm³/mol. The maximum Gasteiger partial charge on any atom is 0.243 e. The quantitative estimate of drug-likeness (QED) is 0.677. The summed E-state index contributed by atoms with van der Waals surface area (Å²) in [6.07, 6.45) is 0. The molecule has 0 spiro atoms. The van der Waals surface area contributed by atoms with Gasteiger partial charge in [-0.25, -0.2) is 8.42 Å². The van der Waals surface area contributed by atoms with E-state index in [4.69, 9.17) is 10.00 Å². The standard InChI is InChI=1S/C20H23N3O4S/c1-4-27-19-8-6-5-7-17(19)14-22(2)20(24)15-23(3)28(25,26)18-11-9-16(13-21)10-12-18/h5-12H,4,14-15H2,1-3H3. The number of ether oxygens (including phenoxy) is 1. The van der Waals surface area contributed by atoms with Gasteiger partial charge in [-0.15, -0.1) is 0 Å². The van der Waals surface area contributed by atoms with Gasteiger partial charge in [0, 0.05) is 26.2 Å². The van der Waals surface area contributed by atoms with Crippen molar-refractivity contribution in [2.45, 2.75) is 18.4 Å². The molecular weight excluding hydrogens is 378 g/mol. The number of carbonyl (C=O) groups excluding carboxylic acids is 1. The Bertz CT molecular complexity index is 966. The first-order chi connectivity index (χ1) is 13.3. The van der Waals surface area contributed by atoms with Gasteiger partial charge in [0.15, 0.2) is 0 Å². The highest BCUT2D eigenvalue weighted by Gasteiger charge is 2.24. The Morgan fingerprint density at radius 3 is 2.36 bits per heavy atom. The molecule has 0 radical (unpaired) electrons. The molecule has 0 saturated heterocycles. The molecule has 0 saturated carbocycles. The van der Waals surface area contributed by atoms with Crippen molar-refractivity contribution >= 4 is 15.9 Å². The van der Waals surface area contributed by atoms with Gasteiger partial charge in [0.05, 0.1) is 29.7 Å². The molecule has 0 aliphatic carbocycles. The van der Waals surface area contributed by atoms with Crippen LogP contribution in [0.25, 0.3) is 0 Å². The fourth-order valence-corrected chi connectivity index (χ4v) is 3.67. The van der Waals surface area contributed by atoms with Crippen LogP contribution in [0.15, 0.2) is 53.4 Å². The molecule has 0 aliphatic rings. The molecule has 148 valence electrons. The molecule has 2 aromatic carbocycles. The summed E-state index contributed by atoms with van der Waals surface area (Å²) in [5.74, 6) is 0.356. The summed E-state index contributed by atoms with van der Waals surface area (Å²) < 4.78 is 31.8. The van der Waals surface area contributed by atoms with Gasteiger partial charge >= 0.3 is 0 Å². The number of nitrogens with zero attached hydrogens (tertiary/aromatic N) is 3. The minimum absolute atomic E-state index is 0.0335. The predicted octanol–water partition coefficient (Wildman–Crippen LogP) is 2.24. The van der Waals surface area contributed by atoms with Crippen LogP contribution in [0.4, 0.5) is 0 Å². The third-order valence-corrected chi connectivity index (χ3v) is 5.97. The Hall–Kier alpha value is -2.89. The van der Waals surface area contributed by atoms with E-state index in [0.717, 1.165) is 9.87 Å². The zero-order chi connectivity index (χ0) is 20.7. The lowest BCUT2D eigenvalue weighted by molar-refractivity contribution is -0.130. The number of rotatable bonds is 8.